The first-order valence-corrected chi connectivity index (χ1v) is 11.2. The van der Waals surface area contributed by atoms with E-state index in [0.29, 0.717) is 11.0 Å². The van der Waals surface area contributed by atoms with Crippen molar-refractivity contribution < 1.29 is 14.0 Å². The van der Waals surface area contributed by atoms with E-state index in [2.05, 4.69) is 20.8 Å². The molecular weight excluding hydrogens is 405 g/mol. The van der Waals surface area contributed by atoms with Crippen molar-refractivity contribution in [3.63, 3.8) is 0 Å². The van der Waals surface area contributed by atoms with Crippen molar-refractivity contribution in [2.75, 3.05) is 5.75 Å². The van der Waals surface area contributed by atoms with Gasteiger partial charge in [-0.25, -0.2) is 4.39 Å². The maximum atomic E-state index is 14.0. The zero-order valence-electron chi connectivity index (χ0n) is 17.5. The zero-order chi connectivity index (χ0) is 21.7. The first-order chi connectivity index (χ1) is 14.4. The minimum absolute atomic E-state index is 0.00661. The van der Waals surface area contributed by atoms with E-state index in [1.165, 1.54) is 36.7 Å². The lowest BCUT2D eigenvalue weighted by molar-refractivity contribution is -0.119. The van der Waals surface area contributed by atoms with Gasteiger partial charge in [0, 0.05) is 13.1 Å². The molecule has 7 nitrogen and oxygen atoms in total. The fourth-order valence-electron chi connectivity index (χ4n) is 3.59. The van der Waals surface area contributed by atoms with E-state index in [9.17, 15) is 14.0 Å². The molecule has 1 aliphatic carbocycles. The maximum Gasteiger partial charge on any atom is 0.254 e. The zero-order valence-corrected chi connectivity index (χ0v) is 18.3. The Morgan fingerprint density at radius 1 is 1.23 bits per heavy atom. The summed E-state index contributed by atoms with van der Waals surface area (Å²) in [6, 6.07) is 5.70. The molecule has 1 aromatic heterocycles. The first kappa shape index (κ1) is 22.3. The number of hydrogen-bond acceptors (Lipinski definition) is 5. The van der Waals surface area contributed by atoms with E-state index in [4.69, 9.17) is 0 Å². The van der Waals surface area contributed by atoms with Crippen LogP contribution in [0.3, 0.4) is 0 Å². The summed E-state index contributed by atoms with van der Waals surface area (Å²) in [5.74, 6) is -0.249. The Hall–Kier alpha value is -2.42. The van der Waals surface area contributed by atoms with E-state index in [1.54, 1.807) is 23.7 Å². The van der Waals surface area contributed by atoms with Gasteiger partial charge in [0.1, 0.15) is 5.82 Å². The van der Waals surface area contributed by atoms with Gasteiger partial charge in [0.25, 0.3) is 5.91 Å². The Balaban J connectivity index is 1.65. The molecule has 2 amide bonds. The largest absolute Gasteiger partial charge is 0.353 e. The topological polar surface area (TPSA) is 88.9 Å². The summed E-state index contributed by atoms with van der Waals surface area (Å²) < 4.78 is 15.7. The predicted octanol–water partition coefficient (Wildman–Crippen LogP) is 3.23. The fourth-order valence-corrected chi connectivity index (χ4v) is 4.32. The minimum atomic E-state index is -0.569. The van der Waals surface area contributed by atoms with E-state index in [0.717, 1.165) is 12.8 Å². The Kier molecular flexibility index (Phi) is 7.47. The first-order valence-electron chi connectivity index (χ1n) is 10.2. The average Bonchev–Trinajstić information content (AvgIpc) is 3.34. The summed E-state index contributed by atoms with van der Waals surface area (Å²) in [6.45, 7) is 3.89. The molecule has 9 heteroatoms. The normalized spacial score (nSPS) is 15.4. The Morgan fingerprint density at radius 2 is 1.93 bits per heavy atom. The van der Waals surface area contributed by atoms with E-state index in [-0.39, 0.29) is 29.2 Å². The molecule has 0 saturated heterocycles. The standard InChI is InChI=1S/C21H28FN5O2S/c1-13(2)18(24-20(29)15-10-6-7-11-16(15)22)19-25-26-21(27(19)3)30-12-17(28)23-14-8-4-5-9-14/h6-7,10-11,13-14,18H,4-5,8-9,12H2,1-3H3,(H,23,28)(H,24,29). The number of halogens is 1. The molecule has 0 bridgehead atoms. The molecule has 1 unspecified atom stereocenters. The molecule has 3 rings (SSSR count). The molecule has 1 atom stereocenters. The molecule has 1 aromatic carbocycles. The number of thioether (sulfide) groups is 1. The van der Waals surface area contributed by atoms with Crippen LogP contribution in [0.4, 0.5) is 4.39 Å². The number of nitrogens with one attached hydrogen (secondary N) is 2. The maximum absolute atomic E-state index is 14.0. The predicted molar refractivity (Wildman–Crippen MR) is 114 cm³/mol. The molecule has 30 heavy (non-hydrogen) atoms. The smallest absolute Gasteiger partial charge is 0.254 e. The Labute approximate surface area is 180 Å². The summed E-state index contributed by atoms with van der Waals surface area (Å²) >= 11 is 1.31. The minimum Gasteiger partial charge on any atom is -0.353 e. The van der Waals surface area contributed by atoms with Crippen LogP contribution < -0.4 is 10.6 Å². The van der Waals surface area contributed by atoms with Crippen LogP contribution in [0.2, 0.25) is 0 Å². The third kappa shape index (κ3) is 5.38. The molecule has 1 saturated carbocycles. The van der Waals surface area contributed by atoms with Crippen molar-refractivity contribution in [2.24, 2.45) is 13.0 Å². The summed E-state index contributed by atoms with van der Waals surface area (Å²) in [5.41, 5.74) is -0.0106. The quantitative estimate of drug-likeness (QED) is 0.624. The van der Waals surface area contributed by atoms with Crippen molar-refractivity contribution in [3.05, 3.63) is 41.5 Å². The molecule has 1 heterocycles. The molecule has 0 radical (unpaired) electrons. The van der Waals surface area contributed by atoms with Gasteiger partial charge in [0.2, 0.25) is 5.91 Å². The van der Waals surface area contributed by atoms with Crippen LogP contribution in [-0.4, -0.2) is 38.4 Å². The lowest BCUT2D eigenvalue weighted by atomic mass is 10.0. The monoisotopic (exact) mass is 433 g/mol. The second-order valence-corrected chi connectivity index (χ2v) is 8.85. The third-order valence-corrected chi connectivity index (χ3v) is 6.29. The SMILES string of the molecule is CC(C)C(NC(=O)c1ccccc1F)c1nnc(SCC(=O)NC2CCCC2)n1C. The van der Waals surface area contributed by atoms with Gasteiger partial charge in [-0.3, -0.25) is 9.59 Å². The molecule has 1 fully saturated rings. The lowest BCUT2D eigenvalue weighted by Crippen LogP contribution is -2.34. The van der Waals surface area contributed by atoms with E-state index < -0.39 is 17.8 Å². The number of carbonyl (C=O) groups excluding carboxylic acids is 2. The van der Waals surface area contributed by atoms with Crippen LogP contribution in [0, 0.1) is 11.7 Å². The van der Waals surface area contributed by atoms with Crippen molar-refractivity contribution in [1.82, 2.24) is 25.4 Å². The average molecular weight is 434 g/mol. The van der Waals surface area contributed by atoms with Gasteiger partial charge >= 0.3 is 0 Å². The van der Waals surface area contributed by atoms with Crippen LogP contribution in [0.15, 0.2) is 29.4 Å². The molecule has 2 N–H and O–H groups in total. The highest BCUT2D eigenvalue weighted by Crippen LogP contribution is 2.25. The number of amides is 2. The van der Waals surface area contributed by atoms with E-state index >= 15 is 0 Å². The van der Waals surface area contributed by atoms with Gasteiger partial charge in [-0.15, -0.1) is 10.2 Å². The van der Waals surface area contributed by atoms with Crippen LogP contribution in [0.1, 0.15) is 61.8 Å². The summed E-state index contributed by atoms with van der Waals surface area (Å²) in [7, 11) is 1.80. The summed E-state index contributed by atoms with van der Waals surface area (Å²) in [6.07, 6.45) is 4.42. The van der Waals surface area contributed by atoms with Crippen molar-refractivity contribution in [1.29, 1.82) is 0 Å². The highest BCUT2D eigenvalue weighted by Gasteiger charge is 2.26. The van der Waals surface area contributed by atoms with Crippen LogP contribution in [0.25, 0.3) is 0 Å². The molecule has 0 spiro atoms. The van der Waals surface area contributed by atoms with Crippen molar-refractivity contribution in [2.45, 2.75) is 56.8 Å². The number of benzene rings is 1. The van der Waals surface area contributed by atoms with Crippen molar-refractivity contribution >= 4 is 23.6 Å². The lowest BCUT2D eigenvalue weighted by Gasteiger charge is -2.22. The van der Waals surface area contributed by atoms with Gasteiger partial charge in [0.15, 0.2) is 11.0 Å². The molecule has 0 aliphatic heterocycles. The number of nitrogens with zero attached hydrogens (tertiary/aromatic N) is 3. The molecule has 2 aromatic rings. The Bertz CT molecular complexity index is 895. The Morgan fingerprint density at radius 3 is 2.60 bits per heavy atom. The number of hydrogen-bond donors (Lipinski definition) is 2. The molecular formula is C21H28FN5O2S. The van der Waals surface area contributed by atoms with Crippen LogP contribution in [0.5, 0.6) is 0 Å². The highest BCUT2D eigenvalue weighted by molar-refractivity contribution is 7.99. The number of rotatable bonds is 8. The van der Waals surface area contributed by atoms with Crippen molar-refractivity contribution in [3.8, 4) is 0 Å². The molecule has 1 aliphatic rings. The number of aromatic nitrogens is 3. The number of carbonyl (C=O) groups is 2. The second-order valence-electron chi connectivity index (χ2n) is 7.91. The second kappa shape index (κ2) is 10.1. The third-order valence-electron chi connectivity index (χ3n) is 5.27. The van der Waals surface area contributed by atoms with Gasteiger partial charge in [-0.1, -0.05) is 50.6 Å². The van der Waals surface area contributed by atoms with Crippen LogP contribution >= 0.6 is 11.8 Å². The van der Waals surface area contributed by atoms with Crippen LogP contribution in [-0.2, 0) is 11.8 Å². The summed E-state index contributed by atoms with van der Waals surface area (Å²) in [4.78, 5) is 24.8. The van der Waals surface area contributed by atoms with E-state index in [1.807, 2.05) is 13.8 Å². The van der Waals surface area contributed by atoms with Gasteiger partial charge in [-0.05, 0) is 30.9 Å². The highest BCUT2D eigenvalue weighted by atomic mass is 32.2. The van der Waals surface area contributed by atoms with Gasteiger partial charge in [0.05, 0.1) is 17.4 Å². The van der Waals surface area contributed by atoms with Gasteiger partial charge < -0.3 is 15.2 Å². The molecule has 162 valence electrons. The summed E-state index contributed by atoms with van der Waals surface area (Å²) in [5, 5.41) is 14.9. The van der Waals surface area contributed by atoms with Gasteiger partial charge in [-0.2, -0.15) is 0 Å². The fraction of sp³-hybridized carbons (Fsp3) is 0.524.